The van der Waals surface area contributed by atoms with Crippen molar-refractivity contribution in [3.63, 3.8) is 0 Å². The quantitative estimate of drug-likeness (QED) is 0.870. The first-order valence-electron chi connectivity index (χ1n) is 7.41. The Bertz CT molecular complexity index is 525. The summed E-state index contributed by atoms with van der Waals surface area (Å²) in [6.07, 6.45) is 2.65. The molecule has 1 fully saturated rings. The molecule has 4 nitrogen and oxygen atoms in total. The lowest BCUT2D eigenvalue weighted by atomic mass is 10.2. The monoisotopic (exact) mass is 332 g/mol. The van der Waals surface area contributed by atoms with Gasteiger partial charge < -0.3 is 5.32 Å². The number of halogens is 1. The Balaban J connectivity index is 0.00000220. The van der Waals surface area contributed by atoms with Crippen molar-refractivity contribution in [2.75, 3.05) is 19.6 Å². The molecule has 0 aliphatic carbocycles. The summed E-state index contributed by atoms with van der Waals surface area (Å²) >= 11 is 0. The maximum atomic E-state index is 12.8. The van der Waals surface area contributed by atoms with Crippen molar-refractivity contribution >= 4 is 22.4 Å². The van der Waals surface area contributed by atoms with Crippen LogP contribution in [0, 0.1) is 0 Å². The summed E-state index contributed by atoms with van der Waals surface area (Å²) in [7, 11) is -3.38. The number of hydrogen-bond donors (Lipinski definition) is 1. The third-order valence-electron chi connectivity index (χ3n) is 3.82. The second-order valence-corrected chi connectivity index (χ2v) is 7.15. The molecule has 0 aromatic heterocycles. The number of aryl methyl sites for hydroxylation is 1. The van der Waals surface area contributed by atoms with Crippen molar-refractivity contribution in [3.05, 3.63) is 29.8 Å². The van der Waals surface area contributed by atoms with E-state index in [0.717, 1.165) is 37.9 Å². The Hall–Kier alpha value is -0.620. The average Bonchev–Trinajstić information content (AvgIpc) is 2.98. The van der Waals surface area contributed by atoms with Gasteiger partial charge in [-0.2, -0.15) is 4.31 Å². The summed E-state index contributed by atoms with van der Waals surface area (Å²) in [5.74, 6) is 0. The smallest absolute Gasteiger partial charge is 0.243 e. The fraction of sp³-hybridized carbons (Fsp3) is 0.600. The topological polar surface area (TPSA) is 49.4 Å². The zero-order valence-electron chi connectivity index (χ0n) is 12.7. The molecule has 1 aromatic rings. The van der Waals surface area contributed by atoms with E-state index in [-0.39, 0.29) is 18.4 Å². The zero-order valence-corrected chi connectivity index (χ0v) is 14.3. The second-order valence-electron chi connectivity index (χ2n) is 5.26. The Morgan fingerprint density at radius 3 is 2.38 bits per heavy atom. The molecule has 0 spiro atoms. The lowest BCUT2D eigenvalue weighted by Gasteiger charge is -2.27. The third kappa shape index (κ3) is 4.19. The van der Waals surface area contributed by atoms with E-state index < -0.39 is 10.0 Å². The molecule has 2 rings (SSSR count). The maximum absolute atomic E-state index is 12.8. The average molecular weight is 333 g/mol. The predicted octanol–water partition coefficient (Wildman–Crippen LogP) is 2.43. The molecule has 0 amide bonds. The number of benzene rings is 1. The van der Waals surface area contributed by atoms with Crippen LogP contribution in [0.15, 0.2) is 29.2 Å². The fourth-order valence-electron chi connectivity index (χ4n) is 2.64. The van der Waals surface area contributed by atoms with Gasteiger partial charge in [-0.3, -0.25) is 0 Å². The van der Waals surface area contributed by atoms with Gasteiger partial charge in [0.25, 0.3) is 0 Å². The Labute approximate surface area is 134 Å². The highest BCUT2D eigenvalue weighted by Crippen LogP contribution is 2.22. The van der Waals surface area contributed by atoms with Crippen molar-refractivity contribution < 1.29 is 8.42 Å². The minimum Gasteiger partial charge on any atom is -0.315 e. The van der Waals surface area contributed by atoms with Crippen LogP contribution in [0.3, 0.4) is 0 Å². The Morgan fingerprint density at radius 1 is 1.24 bits per heavy atom. The fourth-order valence-corrected chi connectivity index (χ4v) is 4.38. The highest BCUT2D eigenvalue weighted by molar-refractivity contribution is 7.89. The summed E-state index contributed by atoms with van der Waals surface area (Å²) in [5, 5.41) is 3.25. The molecule has 120 valence electrons. The van der Waals surface area contributed by atoms with Gasteiger partial charge in [0, 0.05) is 19.1 Å². The number of sulfonamides is 1. The van der Waals surface area contributed by atoms with Crippen molar-refractivity contribution in [2.24, 2.45) is 0 Å². The van der Waals surface area contributed by atoms with Gasteiger partial charge in [-0.1, -0.05) is 26.0 Å². The van der Waals surface area contributed by atoms with Crippen molar-refractivity contribution in [1.29, 1.82) is 0 Å². The summed E-state index contributed by atoms with van der Waals surface area (Å²) in [5.41, 5.74) is 1.16. The van der Waals surface area contributed by atoms with Crippen LogP contribution in [-0.2, 0) is 16.4 Å². The van der Waals surface area contributed by atoms with Crippen LogP contribution in [0.5, 0.6) is 0 Å². The van der Waals surface area contributed by atoms with Gasteiger partial charge in [0.05, 0.1) is 4.90 Å². The minimum atomic E-state index is -3.38. The van der Waals surface area contributed by atoms with E-state index in [1.807, 2.05) is 19.1 Å². The Morgan fingerprint density at radius 2 is 1.90 bits per heavy atom. The highest BCUT2D eigenvalue weighted by atomic mass is 35.5. The molecule has 0 bridgehead atoms. The maximum Gasteiger partial charge on any atom is 0.243 e. The van der Waals surface area contributed by atoms with Gasteiger partial charge in [-0.05, 0) is 43.5 Å². The molecular weight excluding hydrogens is 308 g/mol. The zero-order chi connectivity index (χ0) is 14.6. The van der Waals surface area contributed by atoms with Gasteiger partial charge in [0.15, 0.2) is 0 Å². The molecular formula is C15H25ClN2O2S. The molecule has 1 unspecified atom stereocenters. The summed E-state index contributed by atoms with van der Waals surface area (Å²) in [6.45, 7) is 6.33. The number of nitrogens with zero attached hydrogens (tertiary/aromatic N) is 1. The van der Waals surface area contributed by atoms with Gasteiger partial charge >= 0.3 is 0 Å². The predicted molar refractivity (Wildman–Crippen MR) is 88.5 cm³/mol. The molecule has 1 aliphatic rings. The number of nitrogens with one attached hydrogen (secondary N) is 1. The van der Waals surface area contributed by atoms with Crippen LogP contribution < -0.4 is 5.32 Å². The molecule has 21 heavy (non-hydrogen) atoms. The first-order valence-corrected chi connectivity index (χ1v) is 8.85. The normalized spacial score (nSPS) is 18.7. The lowest BCUT2D eigenvalue weighted by molar-refractivity contribution is 0.335. The summed E-state index contributed by atoms with van der Waals surface area (Å²) in [6, 6.07) is 7.37. The van der Waals surface area contributed by atoms with E-state index in [9.17, 15) is 8.42 Å². The third-order valence-corrected chi connectivity index (χ3v) is 5.79. The molecule has 1 aliphatic heterocycles. The van der Waals surface area contributed by atoms with E-state index >= 15 is 0 Å². The molecule has 0 saturated carbocycles. The lowest BCUT2D eigenvalue weighted by Crippen LogP contribution is -2.41. The highest BCUT2D eigenvalue weighted by Gasteiger charge is 2.32. The van der Waals surface area contributed by atoms with Crippen molar-refractivity contribution in [2.45, 2.75) is 44.0 Å². The van der Waals surface area contributed by atoms with Gasteiger partial charge in [0.2, 0.25) is 10.0 Å². The standard InChI is InChI=1S/C15H24N2O2S.ClH/c1-3-11-17(14-9-10-16-12-14)20(18,19)15-7-5-13(4-2)6-8-15;/h5-8,14,16H,3-4,9-12H2,1-2H3;1H. The van der Waals surface area contributed by atoms with Crippen LogP contribution in [0.25, 0.3) is 0 Å². The molecule has 1 aromatic carbocycles. The van der Waals surface area contributed by atoms with Crippen LogP contribution >= 0.6 is 12.4 Å². The van der Waals surface area contributed by atoms with E-state index in [1.165, 1.54) is 0 Å². The summed E-state index contributed by atoms with van der Waals surface area (Å²) in [4.78, 5) is 0.412. The van der Waals surface area contributed by atoms with Crippen LogP contribution in [0.2, 0.25) is 0 Å². The van der Waals surface area contributed by atoms with E-state index in [0.29, 0.717) is 11.4 Å². The molecule has 1 atom stereocenters. The van der Waals surface area contributed by atoms with Gasteiger partial charge in [-0.25, -0.2) is 8.42 Å². The van der Waals surface area contributed by atoms with Gasteiger partial charge in [0.1, 0.15) is 0 Å². The molecule has 1 heterocycles. The minimum absolute atomic E-state index is 0. The molecule has 6 heteroatoms. The summed E-state index contributed by atoms with van der Waals surface area (Å²) < 4.78 is 27.3. The van der Waals surface area contributed by atoms with Crippen LogP contribution in [0.4, 0.5) is 0 Å². The van der Waals surface area contributed by atoms with E-state index in [1.54, 1.807) is 16.4 Å². The SMILES string of the molecule is CCCN(C1CCNC1)S(=O)(=O)c1ccc(CC)cc1.Cl. The van der Waals surface area contributed by atoms with Gasteiger partial charge in [-0.15, -0.1) is 12.4 Å². The van der Waals surface area contributed by atoms with Crippen LogP contribution in [-0.4, -0.2) is 38.4 Å². The van der Waals surface area contributed by atoms with Crippen LogP contribution in [0.1, 0.15) is 32.3 Å². The first kappa shape index (κ1) is 18.4. The molecule has 1 saturated heterocycles. The molecule has 0 radical (unpaired) electrons. The number of hydrogen-bond acceptors (Lipinski definition) is 3. The largest absolute Gasteiger partial charge is 0.315 e. The second kappa shape index (κ2) is 8.13. The molecule has 1 N–H and O–H groups in total. The van der Waals surface area contributed by atoms with E-state index in [4.69, 9.17) is 0 Å². The number of rotatable bonds is 6. The Kier molecular flexibility index (Phi) is 7.13. The van der Waals surface area contributed by atoms with E-state index in [2.05, 4.69) is 12.2 Å². The first-order chi connectivity index (χ1) is 9.59. The van der Waals surface area contributed by atoms with Crippen molar-refractivity contribution in [1.82, 2.24) is 9.62 Å². The van der Waals surface area contributed by atoms with Crippen molar-refractivity contribution in [3.8, 4) is 0 Å².